The predicted octanol–water partition coefficient (Wildman–Crippen LogP) is 1.60. The molecule has 2 heterocycles. The molecular weight excluding hydrogens is 231 g/mol. The first-order valence-electron chi connectivity index (χ1n) is 6.37. The van der Waals surface area contributed by atoms with Gasteiger partial charge in [0.05, 0.1) is 12.2 Å². The fourth-order valence-corrected chi connectivity index (χ4v) is 2.77. The molecule has 4 nitrogen and oxygen atoms in total. The molecule has 0 saturated carbocycles. The summed E-state index contributed by atoms with van der Waals surface area (Å²) in [6.45, 7) is 6.39. The van der Waals surface area contributed by atoms with E-state index in [1.807, 2.05) is 0 Å². The highest BCUT2D eigenvalue weighted by atomic mass is 19.1. The number of halogens is 1. The van der Waals surface area contributed by atoms with Gasteiger partial charge in [0.2, 0.25) is 0 Å². The molecular formula is C13H21FN4. The Balaban J connectivity index is 2.26. The zero-order valence-corrected chi connectivity index (χ0v) is 11.0. The van der Waals surface area contributed by atoms with E-state index in [1.54, 1.807) is 6.20 Å². The zero-order chi connectivity index (χ0) is 13.2. The van der Waals surface area contributed by atoms with Crippen molar-refractivity contribution in [2.45, 2.75) is 38.3 Å². The van der Waals surface area contributed by atoms with Crippen molar-refractivity contribution in [1.82, 2.24) is 15.3 Å². The lowest BCUT2D eigenvalue weighted by molar-refractivity contribution is 0.106. The zero-order valence-electron chi connectivity index (χ0n) is 11.0. The van der Waals surface area contributed by atoms with E-state index in [9.17, 15) is 4.39 Å². The number of rotatable bonds is 4. The van der Waals surface area contributed by atoms with E-state index in [0.29, 0.717) is 0 Å². The van der Waals surface area contributed by atoms with E-state index < -0.39 is 0 Å². The molecule has 2 rings (SSSR count). The van der Waals surface area contributed by atoms with Gasteiger partial charge < -0.3 is 0 Å². The minimum atomic E-state index is -0.329. The standard InChI is InChI=1S/C13H21FN4/c1-13(2,18-5-3-4-6-18)12(17-15)10-7-11(14)9-16-8-10/h7-9,12,17H,3-6,15H2,1-2H3. The van der Waals surface area contributed by atoms with Crippen molar-refractivity contribution in [2.24, 2.45) is 5.84 Å². The van der Waals surface area contributed by atoms with Crippen LogP contribution in [0.25, 0.3) is 0 Å². The largest absolute Gasteiger partial charge is 0.296 e. The molecule has 0 bridgehead atoms. The van der Waals surface area contributed by atoms with Gasteiger partial charge >= 0.3 is 0 Å². The number of likely N-dealkylation sites (tertiary alicyclic amines) is 1. The lowest BCUT2D eigenvalue weighted by Gasteiger charge is -2.41. The third kappa shape index (κ3) is 2.53. The molecule has 18 heavy (non-hydrogen) atoms. The molecule has 100 valence electrons. The molecule has 1 fully saturated rings. The normalized spacial score (nSPS) is 19.1. The second kappa shape index (κ2) is 5.30. The average molecular weight is 252 g/mol. The number of pyridine rings is 1. The molecule has 1 unspecified atom stereocenters. The van der Waals surface area contributed by atoms with E-state index in [0.717, 1.165) is 18.7 Å². The summed E-state index contributed by atoms with van der Waals surface area (Å²) in [7, 11) is 0. The molecule has 1 aliphatic heterocycles. The van der Waals surface area contributed by atoms with E-state index in [-0.39, 0.29) is 17.4 Å². The Kier molecular flexibility index (Phi) is 3.94. The molecule has 5 heteroatoms. The Labute approximate surface area is 107 Å². The minimum absolute atomic E-state index is 0.140. The Morgan fingerprint density at radius 1 is 1.39 bits per heavy atom. The second-order valence-corrected chi connectivity index (χ2v) is 5.38. The molecule has 1 aromatic heterocycles. The quantitative estimate of drug-likeness (QED) is 0.631. The molecule has 0 aliphatic carbocycles. The Hall–Kier alpha value is -1.04. The molecule has 1 aromatic rings. The third-order valence-electron chi connectivity index (χ3n) is 3.85. The maximum absolute atomic E-state index is 13.3. The highest BCUT2D eigenvalue weighted by Crippen LogP contribution is 2.32. The summed E-state index contributed by atoms with van der Waals surface area (Å²) in [6, 6.07) is 1.36. The number of nitrogens with one attached hydrogen (secondary N) is 1. The third-order valence-corrected chi connectivity index (χ3v) is 3.85. The van der Waals surface area contributed by atoms with Crippen LogP contribution in [0.3, 0.4) is 0 Å². The van der Waals surface area contributed by atoms with Crippen molar-refractivity contribution in [1.29, 1.82) is 0 Å². The van der Waals surface area contributed by atoms with Gasteiger partial charge in [0.15, 0.2) is 0 Å². The SMILES string of the molecule is CC(C)(C(NN)c1cncc(F)c1)N1CCCC1. The Bertz CT molecular complexity index is 402. The number of nitrogens with zero attached hydrogens (tertiary/aromatic N) is 2. The maximum atomic E-state index is 13.3. The smallest absolute Gasteiger partial charge is 0.141 e. The first kappa shape index (κ1) is 13.4. The molecule has 0 radical (unpaired) electrons. The summed E-state index contributed by atoms with van der Waals surface area (Å²) >= 11 is 0. The number of aromatic nitrogens is 1. The van der Waals surface area contributed by atoms with Crippen LogP contribution in [0.4, 0.5) is 4.39 Å². The first-order valence-corrected chi connectivity index (χ1v) is 6.37. The van der Waals surface area contributed by atoms with E-state index in [2.05, 4.69) is 29.2 Å². The van der Waals surface area contributed by atoms with Gasteiger partial charge in [-0.2, -0.15) is 0 Å². The van der Waals surface area contributed by atoms with Crippen molar-refractivity contribution in [3.8, 4) is 0 Å². The highest BCUT2D eigenvalue weighted by Gasteiger charge is 2.37. The number of nitrogens with two attached hydrogens (primary N) is 1. The van der Waals surface area contributed by atoms with Crippen LogP contribution in [0, 0.1) is 5.82 Å². The van der Waals surface area contributed by atoms with Crippen LogP contribution in [0.5, 0.6) is 0 Å². The van der Waals surface area contributed by atoms with Crippen molar-refractivity contribution in [3.05, 3.63) is 29.8 Å². The monoisotopic (exact) mass is 252 g/mol. The van der Waals surface area contributed by atoms with Gasteiger partial charge in [-0.1, -0.05) is 0 Å². The number of hydrogen-bond donors (Lipinski definition) is 2. The van der Waals surface area contributed by atoms with Crippen molar-refractivity contribution in [2.75, 3.05) is 13.1 Å². The van der Waals surface area contributed by atoms with Crippen molar-refractivity contribution in [3.63, 3.8) is 0 Å². The second-order valence-electron chi connectivity index (χ2n) is 5.38. The molecule has 1 aliphatic rings. The van der Waals surface area contributed by atoms with Gasteiger partial charge in [-0.3, -0.25) is 21.2 Å². The summed E-state index contributed by atoms with van der Waals surface area (Å²) in [4.78, 5) is 6.30. The van der Waals surface area contributed by atoms with E-state index in [1.165, 1.54) is 25.1 Å². The summed E-state index contributed by atoms with van der Waals surface area (Å²) in [6.07, 6.45) is 5.30. The number of hydrogen-bond acceptors (Lipinski definition) is 4. The van der Waals surface area contributed by atoms with Crippen LogP contribution >= 0.6 is 0 Å². The average Bonchev–Trinajstić information content (AvgIpc) is 2.83. The van der Waals surface area contributed by atoms with Gasteiger partial charge in [-0.25, -0.2) is 4.39 Å². The summed E-state index contributed by atoms with van der Waals surface area (Å²) < 4.78 is 13.3. The highest BCUT2D eigenvalue weighted by molar-refractivity contribution is 5.19. The summed E-state index contributed by atoms with van der Waals surface area (Å²) in [5.74, 6) is 5.35. The summed E-state index contributed by atoms with van der Waals surface area (Å²) in [5, 5.41) is 0. The topological polar surface area (TPSA) is 54.2 Å². The first-order chi connectivity index (χ1) is 8.55. The molecule has 0 aromatic carbocycles. The van der Waals surface area contributed by atoms with Crippen LogP contribution in [-0.2, 0) is 0 Å². The Morgan fingerprint density at radius 2 is 2.06 bits per heavy atom. The fourth-order valence-electron chi connectivity index (χ4n) is 2.77. The van der Waals surface area contributed by atoms with Crippen molar-refractivity contribution < 1.29 is 4.39 Å². The van der Waals surface area contributed by atoms with Crippen LogP contribution in [0.2, 0.25) is 0 Å². The van der Waals surface area contributed by atoms with Crippen LogP contribution in [0.15, 0.2) is 18.5 Å². The van der Waals surface area contributed by atoms with Gasteiger partial charge in [0, 0.05) is 11.7 Å². The Morgan fingerprint density at radius 3 is 2.61 bits per heavy atom. The summed E-state index contributed by atoms with van der Waals surface area (Å²) in [5.41, 5.74) is 3.43. The molecule has 0 spiro atoms. The lowest BCUT2D eigenvalue weighted by Crippen LogP contribution is -2.53. The van der Waals surface area contributed by atoms with E-state index >= 15 is 0 Å². The molecule has 0 amide bonds. The fraction of sp³-hybridized carbons (Fsp3) is 0.615. The van der Waals surface area contributed by atoms with Gasteiger partial charge in [0.1, 0.15) is 5.82 Å². The van der Waals surface area contributed by atoms with Crippen LogP contribution < -0.4 is 11.3 Å². The van der Waals surface area contributed by atoms with Crippen LogP contribution in [0.1, 0.15) is 38.3 Å². The van der Waals surface area contributed by atoms with Gasteiger partial charge in [-0.15, -0.1) is 0 Å². The molecule has 3 N–H and O–H groups in total. The van der Waals surface area contributed by atoms with Gasteiger partial charge in [0.25, 0.3) is 0 Å². The predicted molar refractivity (Wildman–Crippen MR) is 69.1 cm³/mol. The molecule has 1 atom stereocenters. The molecule has 1 saturated heterocycles. The maximum Gasteiger partial charge on any atom is 0.141 e. The van der Waals surface area contributed by atoms with Crippen LogP contribution in [-0.4, -0.2) is 28.5 Å². The van der Waals surface area contributed by atoms with Crippen molar-refractivity contribution >= 4 is 0 Å². The van der Waals surface area contributed by atoms with Gasteiger partial charge in [-0.05, 0) is 51.4 Å². The lowest BCUT2D eigenvalue weighted by atomic mass is 9.88. The minimum Gasteiger partial charge on any atom is -0.296 e. The van der Waals surface area contributed by atoms with E-state index in [4.69, 9.17) is 5.84 Å². The number of hydrazine groups is 1.